The fourth-order valence-electron chi connectivity index (χ4n) is 1.70. The lowest BCUT2D eigenvalue weighted by Crippen LogP contribution is -2.29. The second kappa shape index (κ2) is 8.57. The van der Waals surface area contributed by atoms with Gasteiger partial charge in [-0.3, -0.25) is 0 Å². The molecule has 0 saturated heterocycles. The standard InChI is InChI=1S/C13H21BrN2O4S/c1-4-20-13-11(14)7-10(8-12(13)19-3)9-16-5-6-21(17,18)15-2/h7-8,15-16H,4-6,9H2,1-3H3. The first-order valence-corrected chi connectivity index (χ1v) is 8.99. The molecule has 1 aromatic carbocycles. The normalized spacial score (nSPS) is 11.4. The topological polar surface area (TPSA) is 76.7 Å². The van der Waals surface area contributed by atoms with Crippen molar-refractivity contribution in [2.45, 2.75) is 13.5 Å². The molecule has 1 rings (SSSR count). The van der Waals surface area contributed by atoms with Gasteiger partial charge >= 0.3 is 0 Å². The first-order chi connectivity index (χ1) is 9.93. The first kappa shape index (κ1) is 18.2. The molecule has 0 heterocycles. The smallest absolute Gasteiger partial charge is 0.212 e. The molecule has 0 amide bonds. The number of halogens is 1. The number of methoxy groups -OCH3 is 1. The number of nitrogens with one attached hydrogen (secondary N) is 2. The molecule has 1 aromatic rings. The predicted molar refractivity (Wildman–Crippen MR) is 86.4 cm³/mol. The molecule has 6 nitrogen and oxygen atoms in total. The summed E-state index contributed by atoms with van der Waals surface area (Å²) in [6.45, 7) is 3.37. The van der Waals surface area contributed by atoms with Gasteiger partial charge in [0, 0.05) is 13.1 Å². The van der Waals surface area contributed by atoms with Crippen LogP contribution >= 0.6 is 15.9 Å². The number of hydrogen-bond acceptors (Lipinski definition) is 5. The molecule has 0 aromatic heterocycles. The number of hydrogen-bond donors (Lipinski definition) is 2. The minimum absolute atomic E-state index is 0.0405. The van der Waals surface area contributed by atoms with E-state index in [-0.39, 0.29) is 5.75 Å². The van der Waals surface area contributed by atoms with Crippen molar-refractivity contribution in [3.05, 3.63) is 22.2 Å². The fourth-order valence-corrected chi connectivity index (χ4v) is 2.92. The molecule has 0 spiro atoms. The summed E-state index contributed by atoms with van der Waals surface area (Å²) in [5, 5.41) is 3.09. The van der Waals surface area contributed by atoms with E-state index in [0.717, 1.165) is 10.0 Å². The van der Waals surface area contributed by atoms with Gasteiger partial charge in [-0.05, 0) is 47.6 Å². The molecule has 0 saturated carbocycles. The Bertz CT molecular complexity index is 564. The molecule has 21 heavy (non-hydrogen) atoms. The predicted octanol–water partition coefficient (Wildman–Crippen LogP) is 1.50. The number of ether oxygens (including phenoxy) is 2. The summed E-state index contributed by atoms with van der Waals surface area (Å²) in [6, 6.07) is 3.79. The molecule has 0 fully saturated rings. The quantitative estimate of drug-likeness (QED) is 0.634. The van der Waals surface area contributed by atoms with Gasteiger partial charge in [0.2, 0.25) is 10.0 Å². The zero-order chi connectivity index (χ0) is 15.9. The molecule has 0 bridgehead atoms. The molecular weight excluding hydrogens is 360 g/mol. The zero-order valence-corrected chi connectivity index (χ0v) is 14.8. The Balaban J connectivity index is 2.66. The van der Waals surface area contributed by atoms with Gasteiger partial charge in [0.15, 0.2) is 11.5 Å². The Morgan fingerprint density at radius 3 is 2.62 bits per heavy atom. The van der Waals surface area contributed by atoms with E-state index in [1.165, 1.54) is 7.05 Å². The summed E-state index contributed by atoms with van der Waals surface area (Å²) < 4.78 is 36.5. The van der Waals surface area contributed by atoms with Gasteiger partial charge in [0.25, 0.3) is 0 Å². The lowest BCUT2D eigenvalue weighted by Gasteiger charge is -2.13. The van der Waals surface area contributed by atoms with Gasteiger partial charge in [-0.25, -0.2) is 13.1 Å². The van der Waals surface area contributed by atoms with Gasteiger partial charge in [-0.2, -0.15) is 0 Å². The highest BCUT2D eigenvalue weighted by Gasteiger charge is 2.11. The van der Waals surface area contributed by atoms with Gasteiger partial charge in [-0.15, -0.1) is 0 Å². The molecule has 0 aliphatic carbocycles. The summed E-state index contributed by atoms with van der Waals surface area (Å²) in [7, 11) is -0.185. The fraction of sp³-hybridized carbons (Fsp3) is 0.538. The third kappa shape index (κ3) is 5.82. The van der Waals surface area contributed by atoms with Crippen molar-refractivity contribution in [2.24, 2.45) is 0 Å². The molecule has 0 unspecified atom stereocenters. The highest BCUT2D eigenvalue weighted by Crippen LogP contribution is 2.36. The number of rotatable bonds is 9. The van der Waals surface area contributed by atoms with Gasteiger partial charge in [-0.1, -0.05) is 0 Å². The van der Waals surface area contributed by atoms with Gasteiger partial charge < -0.3 is 14.8 Å². The third-order valence-corrected chi connectivity index (χ3v) is 4.72. The van der Waals surface area contributed by atoms with E-state index in [2.05, 4.69) is 26.0 Å². The molecular formula is C13H21BrN2O4S. The molecule has 8 heteroatoms. The second-order valence-electron chi connectivity index (χ2n) is 4.24. The van der Waals surface area contributed by atoms with Crippen molar-refractivity contribution in [3.63, 3.8) is 0 Å². The minimum Gasteiger partial charge on any atom is -0.493 e. The van der Waals surface area contributed by atoms with Crippen molar-refractivity contribution in [3.8, 4) is 11.5 Å². The second-order valence-corrected chi connectivity index (χ2v) is 7.14. The van der Waals surface area contributed by atoms with E-state index in [4.69, 9.17) is 9.47 Å². The summed E-state index contributed by atoms with van der Waals surface area (Å²) in [5.74, 6) is 1.35. The average molecular weight is 381 g/mol. The summed E-state index contributed by atoms with van der Waals surface area (Å²) in [4.78, 5) is 0. The molecule has 120 valence electrons. The van der Waals surface area contributed by atoms with Crippen LogP contribution in [0.4, 0.5) is 0 Å². The van der Waals surface area contributed by atoms with Crippen LogP contribution in [-0.4, -0.2) is 41.5 Å². The van der Waals surface area contributed by atoms with E-state index >= 15 is 0 Å². The SMILES string of the molecule is CCOc1c(Br)cc(CNCCS(=O)(=O)NC)cc1OC. The zero-order valence-electron chi connectivity index (χ0n) is 12.4. The minimum atomic E-state index is -3.18. The molecule has 0 aliphatic heterocycles. The van der Waals surface area contributed by atoms with Gasteiger partial charge in [0.05, 0.1) is 23.9 Å². The molecule has 2 N–H and O–H groups in total. The Labute approximate surface area is 134 Å². The Hall–Kier alpha value is -0.830. The maximum absolute atomic E-state index is 11.3. The number of sulfonamides is 1. The van der Waals surface area contributed by atoms with Gasteiger partial charge in [0.1, 0.15) is 0 Å². The Kier molecular flexibility index (Phi) is 7.44. The summed E-state index contributed by atoms with van der Waals surface area (Å²) in [6.07, 6.45) is 0. The van der Waals surface area contributed by atoms with Crippen LogP contribution in [0.2, 0.25) is 0 Å². The Morgan fingerprint density at radius 1 is 1.33 bits per heavy atom. The van der Waals surface area contributed by atoms with E-state index in [1.54, 1.807) is 7.11 Å². The van der Waals surface area contributed by atoms with Crippen LogP contribution in [0.25, 0.3) is 0 Å². The largest absolute Gasteiger partial charge is 0.493 e. The van der Waals surface area contributed by atoms with Crippen LogP contribution in [0, 0.1) is 0 Å². The van der Waals surface area contributed by atoms with Crippen molar-refractivity contribution in [1.29, 1.82) is 0 Å². The van der Waals surface area contributed by atoms with Crippen LogP contribution in [0.3, 0.4) is 0 Å². The maximum Gasteiger partial charge on any atom is 0.212 e. The molecule has 0 radical (unpaired) electrons. The van der Waals surface area contributed by atoms with Crippen molar-refractivity contribution >= 4 is 26.0 Å². The highest BCUT2D eigenvalue weighted by atomic mass is 79.9. The summed E-state index contributed by atoms with van der Waals surface area (Å²) in [5.41, 5.74) is 0.976. The molecule has 0 aliphatic rings. The van der Waals surface area contributed by atoms with Crippen LogP contribution in [0.1, 0.15) is 12.5 Å². The molecule has 0 atom stereocenters. The van der Waals surface area contributed by atoms with Crippen LogP contribution in [0.5, 0.6) is 11.5 Å². The van der Waals surface area contributed by atoms with Crippen molar-refractivity contribution in [2.75, 3.05) is 33.1 Å². The number of benzene rings is 1. The van der Waals surface area contributed by atoms with Crippen molar-refractivity contribution in [1.82, 2.24) is 10.0 Å². The first-order valence-electron chi connectivity index (χ1n) is 6.54. The van der Waals surface area contributed by atoms with Crippen LogP contribution in [-0.2, 0) is 16.6 Å². The highest BCUT2D eigenvalue weighted by molar-refractivity contribution is 9.10. The van der Waals surface area contributed by atoms with E-state index in [9.17, 15) is 8.42 Å². The van der Waals surface area contributed by atoms with E-state index in [1.807, 2.05) is 19.1 Å². The maximum atomic E-state index is 11.3. The van der Waals surface area contributed by atoms with E-state index < -0.39 is 10.0 Å². The van der Waals surface area contributed by atoms with Crippen LogP contribution in [0.15, 0.2) is 16.6 Å². The summed E-state index contributed by atoms with van der Waals surface area (Å²) >= 11 is 3.45. The Morgan fingerprint density at radius 2 is 2.05 bits per heavy atom. The van der Waals surface area contributed by atoms with Crippen molar-refractivity contribution < 1.29 is 17.9 Å². The monoisotopic (exact) mass is 380 g/mol. The lowest BCUT2D eigenvalue weighted by atomic mass is 10.2. The lowest BCUT2D eigenvalue weighted by molar-refractivity contribution is 0.308. The van der Waals surface area contributed by atoms with E-state index in [0.29, 0.717) is 31.2 Å². The third-order valence-electron chi connectivity index (χ3n) is 2.77. The van der Waals surface area contributed by atoms with Crippen LogP contribution < -0.4 is 19.5 Å². The average Bonchev–Trinajstić information content (AvgIpc) is 2.46.